The number of amides is 2. The third kappa shape index (κ3) is 2.24. The summed E-state index contributed by atoms with van der Waals surface area (Å²) >= 11 is 0. The number of hydrogen-bond donors (Lipinski definition) is 0. The van der Waals surface area contributed by atoms with Gasteiger partial charge in [0.2, 0.25) is 0 Å². The van der Waals surface area contributed by atoms with Gasteiger partial charge in [0.1, 0.15) is 0 Å². The lowest BCUT2D eigenvalue weighted by Gasteiger charge is -2.29. The van der Waals surface area contributed by atoms with E-state index in [0.717, 1.165) is 18.8 Å². The van der Waals surface area contributed by atoms with Crippen molar-refractivity contribution in [3.05, 3.63) is 36.4 Å². The maximum Gasteiger partial charge on any atom is 0.258 e. The summed E-state index contributed by atoms with van der Waals surface area (Å²) in [4.78, 5) is 26.7. The third-order valence-corrected chi connectivity index (χ3v) is 3.27. The molecule has 1 fully saturated rings. The summed E-state index contributed by atoms with van der Waals surface area (Å²) in [6.45, 7) is 3.05. The van der Waals surface area contributed by atoms with E-state index in [2.05, 4.69) is 4.90 Å². The van der Waals surface area contributed by atoms with E-state index < -0.39 is 0 Å². The molecule has 1 aromatic carbocycles. The number of morpholine rings is 1. The molecule has 2 aliphatic heterocycles. The number of hydrogen-bond acceptors (Lipinski definition) is 4. The SMILES string of the molecule is O=C1C=CC(=O)N1c1cccc(N2CCOCC2)c1. The molecule has 3 rings (SSSR count). The minimum Gasteiger partial charge on any atom is -0.378 e. The van der Waals surface area contributed by atoms with Crippen molar-refractivity contribution in [2.24, 2.45) is 0 Å². The lowest BCUT2D eigenvalue weighted by molar-refractivity contribution is -0.119. The highest BCUT2D eigenvalue weighted by molar-refractivity contribution is 6.28. The molecule has 0 bridgehead atoms. The lowest BCUT2D eigenvalue weighted by atomic mass is 10.2. The summed E-state index contributed by atoms with van der Waals surface area (Å²) in [6.07, 6.45) is 2.59. The molecule has 19 heavy (non-hydrogen) atoms. The van der Waals surface area contributed by atoms with Crippen LogP contribution in [0.15, 0.2) is 36.4 Å². The molecule has 0 radical (unpaired) electrons. The van der Waals surface area contributed by atoms with Gasteiger partial charge >= 0.3 is 0 Å². The second-order valence-corrected chi connectivity index (χ2v) is 4.46. The Hall–Kier alpha value is -2.14. The van der Waals surface area contributed by atoms with E-state index >= 15 is 0 Å². The molecule has 0 aliphatic carbocycles. The molecular formula is C14H14N2O3. The van der Waals surface area contributed by atoms with Crippen LogP contribution in [0.3, 0.4) is 0 Å². The van der Waals surface area contributed by atoms with Gasteiger partial charge in [0, 0.05) is 30.9 Å². The molecule has 98 valence electrons. The van der Waals surface area contributed by atoms with Crippen molar-refractivity contribution in [3.63, 3.8) is 0 Å². The van der Waals surface area contributed by atoms with Gasteiger partial charge < -0.3 is 9.64 Å². The van der Waals surface area contributed by atoms with E-state index in [1.165, 1.54) is 17.1 Å². The van der Waals surface area contributed by atoms with Crippen LogP contribution in [0.1, 0.15) is 0 Å². The van der Waals surface area contributed by atoms with Crippen LogP contribution in [0.2, 0.25) is 0 Å². The smallest absolute Gasteiger partial charge is 0.258 e. The first kappa shape index (κ1) is 11.9. The maximum absolute atomic E-state index is 11.7. The van der Waals surface area contributed by atoms with E-state index in [-0.39, 0.29) is 11.8 Å². The minimum atomic E-state index is -0.288. The van der Waals surface area contributed by atoms with E-state index in [9.17, 15) is 9.59 Å². The Bertz CT molecular complexity index is 529. The Labute approximate surface area is 111 Å². The van der Waals surface area contributed by atoms with Gasteiger partial charge in [-0.05, 0) is 18.2 Å². The summed E-state index contributed by atoms with van der Waals surface area (Å²) in [5.41, 5.74) is 1.62. The van der Waals surface area contributed by atoms with Crippen molar-refractivity contribution >= 4 is 23.2 Å². The molecule has 5 nitrogen and oxygen atoms in total. The quantitative estimate of drug-likeness (QED) is 0.741. The zero-order valence-electron chi connectivity index (χ0n) is 10.4. The normalized spacial score (nSPS) is 19.4. The zero-order chi connectivity index (χ0) is 13.2. The number of imide groups is 1. The monoisotopic (exact) mass is 258 g/mol. The summed E-state index contributed by atoms with van der Waals surface area (Å²) in [5, 5.41) is 0. The van der Waals surface area contributed by atoms with Crippen LogP contribution < -0.4 is 9.80 Å². The van der Waals surface area contributed by atoms with Gasteiger partial charge in [-0.3, -0.25) is 9.59 Å². The summed E-state index contributed by atoms with van der Waals surface area (Å²) in [7, 11) is 0. The highest BCUT2D eigenvalue weighted by Gasteiger charge is 2.25. The van der Waals surface area contributed by atoms with E-state index in [1.54, 1.807) is 6.07 Å². The van der Waals surface area contributed by atoms with Crippen LogP contribution in [-0.2, 0) is 14.3 Å². The molecule has 0 saturated carbocycles. The fraction of sp³-hybridized carbons (Fsp3) is 0.286. The molecular weight excluding hydrogens is 244 g/mol. The van der Waals surface area contributed by atoms with Crippen molar-refractivity contribution in [1.82, 2.24) is 0 Å². The van der Waals surface area contributed by atoms with E-state index in [0.29, 0.717) is 18.9 Å². The lowest BCUT2D eigenvalue weighted by Crippen LogP contribution is -2.36. The topological polar surface area (TPSA) is 49.9 Å². The van der Waals surface area contributed by atoms with Crippen molar-refractivity contribution in [3.8, 4) is 0 Å². The molecule has 5 heteroatoms. The fourth-order valence-electron chi connectivity index (χ4n) is 2.31. The molecule has 0 atom stereocenters. The van der Waals surface area contributed by atoms with Gasteiger partial charge in [0.25, 0.3) is 11.8 Å². The molecule has 1 saturated heterocycles. The number of carbonyl (C=O) groups is 2. The average Bonchev–Trinajstić information content (AvgIpc) is 2.79. The number of benzene rings is 1. The number of nitrogens with zero attached hydrogens (tertiary/aromatic N) is 2. The van der Waals surface area contributed by atoms with Crippen molar-refractivity contribution in [2.75, 3.05) is 36.1 Å². The standard InChI is InChI=1S/C14H14N2O3/c17-13-4-5-14(18)16(13)12-3-1-2-11(10-12)15-6-8-19-9-7-15/h1-5,10H,6-9H2. The van der Waals surface area contributed by atoms with Gasteiger partial charge in [-0.15, -0.1) is 0 Å². The first-order chi connectivity index (χ1) is 9.25. The van der Waals surface area contributed by atoms with E-state index in [1.807, 2.05) is 18.2 Å². The average molecular weight is 258 g/mol. The molecule has 0 N–H and O–H groups in total. The highest BCUT2D eigenvalue weighted by atomic mass is 16.5. The molecule has 0 unspecified atom stereocenters. The number of carbonyl (C=O) groups excluding carboxylic acids is 2. The van der Waals surface area contributed by atoms with Crippen LogP contribution in [0, 0.1) is 0 Å². The molecule has 1 aromatic rings. The molecule has 2 aliphatic rings. The molecule has 2 amide bonds. The predicted molar refractivity (Wildman–Crippen MR) is 71.1 cm³/mol. The van der Waals surface area contributed by atoms with Gasteiger partial charge in [-0.2, -0.15) is 0 Å². The maximum atomic E-state index is 11.7. The summed E-state index contributed by atoms with van der Waals surface area (Å²) in [6, 6.07) is 7.48. The minimum absolute atomic E-state index is 0.288. The van der Waals surface area contributed by atoms with E-state index in [4.69, 9.17) is 4.74 Å². The van der Waals surface area contributed by atoms with Gasteiger partial charge in [-0.1, -0.05) is 6.07 Å². The number of anilines is 2. The van der Waals surface area contributed by atoms with Crippen LogP contribution in [0.5, 0.6) is 0 Å². The van der Waals surface area contributed by atoms with Crippen molar-refractivity contribution in [1.29, 1.82) is 0 Å². The summed E-state index contributed by atoms with van der Waals surface area (Å²) < 4.78 is 5.32. The first-order valence-electron chi connectivity index (χ1n) is 6.24. The van der Waals surface area contributed by atoms with Gasteiger partial charge in [0.05, 0.1) is 18.9 Å². The Morgan fingerprint density at radius 2 is 1.58 bits per heavy atom. The second-order valence-electron chi connectivity index (χ2n) is 4.46. The van der Waals surface area contributed by atoms with Crippen LogP contribution in [0.4, 0.5) is 11.4 Å². The molecule has 0 aromatic heterocycles. The Morgan fingerprint density at radius 3 is 2.26 bits per heavy atom. The van der Waals surface area contributed by atoms with Crippen LogP contribution in [-0.4, -0.2) is 38.1 Å². The van der Waals surface area contributed by atoms with Crippen molar-refractivity contribution in [2.45, 2.75) is 0 Å². The summed E-state index contributed by atoms with van der Waals surface area (Å²) in [5.74, 6) is -0.576. The van der Waals surface area contributed by atoms with Gasteiger partial charge in [0.15, 0.2) is 0 Å². The Kier molecular flexibility index (Phi) is 3.05. The zero-order valence-corrected chi connectivity index (χ0v) is 10.4. The van der Waals surface area contributed by atoms with Crippen LogP contribution >= 0.6 is 0 Å². The Balaban J connectivity index is 1.87. The van der Waals surface area contributed by atoms with Crippen LogP contribution in [0.25, 0.3) is 0 Å². The Morgan fingerprint density at radius 1 is 0.947 bits per heavy atom. The predicted octanol–water partition coefficient (Wildman–Crippen LogP) is 0.953. The third-order valence-electron chi connectivity index (χ3n) is 3.27. The fourth-order valence-corrected chi connectivity index (χ4v) is 2.31. The first-order valence-corrected chi connectivity index (χ1v) is 6.24. The highest BCUT2D eigenvalue weighted by Crippen LogP contribution is 2.25. The molecule has 0 spiro atoms. The van der Waals surface area contributed by atoms with Crippen molar-refractivity contribution < 1.29 is 14.3 Å². The number of ether oxygens (including phenoxy) is 1. The number of rotatable bonds is 2. The molecule has 2 heterocycles. The second kappa shape index (κ2) is 4.85. The largest absolute Gasteiger partial charge is 0.378 e. The van der Waals surface area contributed by atoms with Gasteiger partial charge in [-0.25, -0.2) is 4.90 Å².